The molecule has 1 saturated heterocycles. The summed E-state index contributed by atoms with van der Waals surface area (Å²) in [5.41, 5.74) is 1.34. The SMILES string of the molecule is CC1OCCC1(CBr)Cc1nc2ccccc2s1. The molecule has 0 saturated carbocycles. The van der Waals surface area contributed by atoms with E-state index in [2.05, 4.69) is 41.1 Å². The highest BCUT2D eigenvalue weighted by Crippen LogP contribution is 2.41. The largest absolute Gasteiger partial charge is 0.378 e. The van der Waals surface area contributed by atoms with E-state index in [4.69, 9.17) is 9.72 Å². The van der Waals surface area contributed by atoms with Gasteiger partial charge in [0.15, 0.2) is 0 Å². The topological polar surface area (TPSA) is 22.1 Å². The van der Waals surface area contributed by atoms with Gasteiger partial charge in [-0.15, -0.1) is 11.3 Å². The lowest BCUT2D eigenvalue weighted by Gasteiger charge is -2.29. The first-order valence-corrected chi connectivity index (χ1v) is 8.19. The number of rotatable bonds is 3. The normalized spacial score (nSPS) is 28.0. The van der Waals surface area contributed by atoms with Crippen molar-refractivity contribution in [1.29, 1.82) is 0 Å². The van der Waals surface area contributed by atoms with Crippen LogP contribution in [-0.2, 0) is 11.2 Å². The average molecular weight is 326 g/mol. The highest BCUT2D eigenvalue weighted by molar-refractivity contribution is 9.09. The number of nitrogens with zero attached hydrogens (tertiary/aromatic N) is 1. The van der Waals surface area contributed by atoms with Crippen molar-refractivity contribution in [3.05, 3.63) is 29.3 Å². The summed E-state index contributed by atoms with van der Waals surface area (Å²) in [7, 11) is 0. The first-order chi connectivity index (χ1) is 8.73. The van der Waals surface area contributed by atoms with Gasteiger partial charge >= 0.3 is 0 Å². The Balaban J connectivity index is 1.91. The molecule has 4 heteroatoms. The van der Waals surface area contributed by atoms with E-state index in [0.29, 0.717) is 6.10 Å². The molecule has 2 aromatic rings. The summed E-state index contributed by atoms with van der Waals surface area (Å²) in [6, 6.07) is 8.36. The van der Waals surface area contributed by atoms with Crippen LogP contribution in [0.15, 0.2) is 24.3 Å². The number of alkyl halides is 1. The van der Waals surface area contributed by atoms with Gasteiger partial charge in [0.1, 0.15) is 0 Å². The zero-order chi connectivity index (χ0) is 12.6. The smallest absolute Gasteiger partial charge is 0.0945 e. The van der Waals surface area contributed by atoms with Crippen molar-refractivity contribution in [2.24, 2.45) is 5.41 Å². The molecule has 1 fully saturated rings. The molecule has 0 aliphatic carbocycles. The summed E-state index contributed by atoms with van der Waals surface area (Å²) in [5.74, 6) is 0. The Hall–Kier alpha value is -0.450. The molecular weight excluding hydrogens is 310 g/mol. The third kappa shape index (κ3) is 2.10. The summed E-state index contributed by atoms with van der Waals surface area (Å²) >= 11 is 5.48. The molecule has 3 rings (SSSR count). The van der Waals surface area contributed by atoms with Gasteiger partial charge in [0.05, 0.1) is 21.3 Å². The average Bonchev–Trinajstić information content (AvgIpc) is 2.94. The fraction of sp³-hybridized carbons (Fsp3) is 0.500. The molecule has 1 aromatic heterocycles. The van der Waals surface area contributed by atoms with Gasteiger partial charge in [0, 0.05) is 23.8 Å². The predicted octanol–water partition coefficient (Wildman–Crippen LogP) is 4.03. The zero-order valence-corrected chi connectivity index (χ0v) is 12.8. The molecule has 0 amide bonds. The van der Waals surface area contributed by atoms with Crippen LogP contribution in [0.2, 0.25) is 0 Å². The van der Waals surface area contributed by atoms with Crippen molar-refractivity contribution in [2.75, 3.05) is 11.9 Å². The van der Waals surface area contributed by atoms with Crippen molar-refractivity contribution in [3.63, 3.8) is 0 Å². The lowest BCUT2D eigenvalue weighted by molar-refractivity contribution is 0.0746. The quantitative estimate of drug-likeness (QED) is 0.795. The molecule has 18 heavy (non-hydrogen) atoms. The van der Waals surface area contributed by atoms with Crippen LogP contribution in [0.25, 0.3) is 10.2 Å². The second-order valence-electron chi connectivity index (χ2n) is 5.01. The van der Waals surface area contributed by atoms with Gasteiger partial charge in [-0.3, -0.25) is 0 Å². The van der Waals surface area contributed by atoms with Gasteiger partial charge < -0.3 is 4.74 Å². The first-order valence-electron chi connectivity index (χ1n) is 6.25. The zero-order valence-electron chi connectivity index (χ0n) is 10.4. The Labute approximate surface area is 120 Å². The van der Waals surface area contributed by atoms with Gasteiger partial charge in [-0.25, -0.2) is 4.98 Å². The molecule has 0 radical (unpaired) electrons. The highest BCUT2D eigenvalue weighted by Gasteiger charge is 2.41. The molecule has 96 valence electrons. The predicted molar refractivity (Wildman–Crippen MR) is 79.6 cm³/mol. The van der Waals surface area contributed by atoms with Crippen LogP contribution >= 0.6 is 27.3 Å². The summed E-state index contributed by atoms with van der Waals surface area (Å²) < 4.78 is 7.03. The maximum atomic E-state index is 5.75. The van der Waals surface area contributed by atoms with Crippen LogP contribution in [0, 0.1) is 5.41 Å². The molecule has 1 aliphatic heterocycles. The molecule has 0 N–H and O–H groups in total. The number of ether oxygens (including phenoxy) is 1. The Morgan fingerprint density at radius 1 is 1.50 bits per heavy atom. The minimum atomic E-state index is 0.216. The molecule has 0 bridgehead atoms. The lowest BCUT2D eigenvalue weighted by atomic mass is 9.81. The van der Waals surface area contributed by atoms with E-state index in [1.54, 1.807) is 0 Å². The Morgan fingerprint density at radius 2 is 2.33 bits per heavy atom. The highest BCUT2D eigenvalue weighted by atomic mass is 79.9. The molecule has 1 aliphatic rings. The Morgan fingerprint density at radius 3 is 3.00 bits per heavy atom. The van der Waals surface area contributed by atoms with Gasteiger partial charge in [-0.2, -0.15) is 0 Å². The minimum Gasteiger partial charge on any atom is -0.378 e. The maximum absolute atomic E-state index is 5.75. The van der Waals surface area contributed by atoms with Crippen molar-refractivity contribution in [3.8, 4) is 0 Å². The van der Waals surface area contributed by atoms with Crippen molar-refractivity contribution >= 4 is 37.5 Å². The van der Waals surface area contributed by atoms with Crippen molar-refractivity contribution < 1.29 is 4.74 Å². The molecule has 2 heterocycles. The van der Waals surface area contributed by atoms with Gasteiger partial charge in [-0.05, 0) is 25.5 Å². The van der Waals surface area contributed by atoms with Crippen LogP contribution in [0.5, 0.6) is 0 Å². The van der Waals surface area contributed by atoms with E-state index in [1.807, 2.05) is 17.4 Å². The lowest BCUT2D eigenvalue weighted by Crippen LogP contribution is -2.32. The van der Waals surface area contributed by atoms with Crippen molar-refractivity contribution in [2.45, 2.75) is 25.9 Å². The molecule has 2 nitrogen and oxygen atoms in total. The number of para-hydroxylation sites is 1. The summed E-state index contributed by atoms with van der Waals surface area (Å²) in [5, 5.41) is 2.21. The molecule has 2 unspecified atom stereocenters. The second-order valence-corrected chi connectivity index (χ2v) is 6.69. The summed E-state index contributed by atoms with van der Waals surface area (Å²) in [6.45, 7) is 3.05. The van der Waals surface area contributed by atoms with Gasteiger partial charge in [-0.1, -0.05) is 28.1 Å². The number of hydrogen-bond acceptors (Lipinski definition) is 3. The fourth-order valence-corrected chi connectivity index (χ4v) is 4.63. The van der Waals surface area contributed by atoms with Gasteiger partial charge in [0.2, 0.25) is 0 Å². The van der Waals surface area contributed by atoms with Crippen LogP contribution < -0.4 is 0 Å². The van der Waals surface area contributed by atoms with E-state index in [-0.39, 0.29) is 5.41 Å². The third-order valence-electron chi connectivity index (χ3n) is 3.94. The third-order valence-corrected chi connectivity index (χ3v) is 6.09. The van der Waals surface area contributed by atoms with Crippen molar-refractivity contribution in [1.82, 2.24) is 4.98 Å². The van der Waals surface area contributed by atoms with Gasteiger partial charge in [0.25, 0.3) is 0 Å². The van der Waals surface area contributed by atoms with E-state index in [1.165, 1.54) is 9.71 Å². The minimum absolute atomic E-state index is 0.216. The van der Waals surface area contributed by atoms with Crippen LogP contribution in [0.3, 0.4) is 0 Å². The molecule has 1 aromatic carbocycles. The standard InChI is InChI=1S/C14H16BrNOS/c1-10-14(9-15,6-7-17-10)8-13-16-11-4-2-3-5-12(11)18-13/h2-5,10H,6-9H2,1H3. The van der Waals surface area contributed by atoms with E-state index < -0.39 is 0 Å². The van der Waals surface area contributed by atoms with Crippen LogP contribution in [0.4, 0.5) is 0 Å². The van der Waals surface area contributed by atoms with Crippen LogP contribution in [-0.4, -0.2) is 23.0 Å². The van der Waals surface area contributed by atoms with E-state index in [9.17, 15) is 0 Å². The molecular formula is C14H16BrNOS. The number of halogens is 1. The van der Waals surface area contributed by atoms with E-state index >= 15 is 0 Å². The Bertz CT molecular complexity index is 522. The number of thiazole rings is 1. The summed E-state index contributed by atoms with van der Waals surface area (Å²) in [6.07, 6.45) is 2.44. The summed E-state index contributed by atoms with van der Waals surface area (Å²) in [4.78, 5) is 4.75. The first kappa shape index (κ1) is 12.6. The number of benzene rings is 1. The fourth-order valence-electron chi connectivity index (χ4n) is 2.57. The molecule has 0 spiro atoms. The van der Waals surface area contributed by atoms with Crippen LogP contribution in [0.1, 0.15) is 18.4 Å². The number of hydrogen-bond donors (Lipinski definition) is 0. The number of fused-ring (bicyclic) bond motifs is 1. The molecule has 2 atom stereocenters. The van der Waals surface area contributed by atoms with E-state index in [0.717, 1.165) is 30.3 Å². The monoisotopic (exact) mass is 325 g/mol. The maximum Gasteiger partial charge on any atom is 0.0945 e. The number of aromatic nitrogens is 1. The Kier molecular flexibility index (Phi) is 3.43. The second kappa shape index (κ2) is 4.91.